The van der Waals surface area contributed by atoms with Gasteiger partial charge in [-0.1, -0.05) is 81.7 Å². The van der Waals surface area contributed by atoms with Crippen LogP contribution < -0.4 is 29.6 Å². The van der Waals surface area contributed by atoms with Gasteiger partial charge < -0.3 is 9.45 Å². The second-order valence-corrected chi connectivity index (χ2v) is 9.12. The quantitative estimate of drug-likeness (QED) is 0.225. The second-order valence-electron chi connectivity index (χ2n) is 7.60. The summed E-state index contributed by atoms with van der Waals surface area (Å²) in [6, 6.07) is 10.7. The van der Waals surface area contributed by atoms with Crippen molar-refractivity contribution >= 4 is 16.0 Å². The smallest absolute Gasteiger partial charge is 0.748 e. The van der Waals surface area contributed by atoms with Gasteiger partial charge in [0.05, 0.1) is 15.9 Å². The van der Waals surface area contributed by atoms with Crippen LogP contribution in [0.25, 0.3) is 0 Å². The van der Waals surface area contributed by atoms with Gasteiger partial charge in [0.1, 0.15) is 0 Å². The summed E-state index contributed by atoms with van der Waals surface area (Å²) in [6.07, 6.45) is 13.5. The molecule has 29 heavy (non-hydrogen) atoms. The summed E-state index contributed by atoms with van der Waals surface area (Å²) in [6.45, 7) is -0.0178. The fourth-order valence-corrected chi connectivity index (χ4v) is 3.73. The predicted molar refractivity (Wildman–Crippen MR) is 113 cm³/mol. The van der Waals surface area contributed by atoms with E-state index in [0.717, 1.165) is 19.3 Å². The molecule has 0 bridgehead atoms. The van der Waals surface area contributed by atoms with Gasteiger partial charge in [0.2, 0.25) is 5.91 Å². The molecule has 1 aromatic rings. The van der Waals surface area contributed by atoms with E-state index in [1.54, 1.807) is 7.05 Å². The number of carbonyl (C=O) groups excluding carboxylic acids is 1. The minimum absolute atomic E-state index is 0. The van der Waals surface area contributed by atoms with Crippen LogP contribution in [0.3, 0.4) is 0 Å². The van der Waals surface area contributed by atoms with Crippen molar-refractivity contribution < 1.29 is 47.3 Å². The summed E-state index contributed by atoms with van der Waals surface area (Å²) in [5, 5.41) is 0. The summed E-state index contributed by atoms with van der Waals surface area (Å²) in [5.74, 6) is -0.597. The number of nitrogens with zero attached hydrogens (tertiary/aromatic N) is 1. The number of carbonyl (C=O) groups is 1. The van der Waals surface area contributed by atoms with Crippen LogP contribution in [0, 0.1) is 0 Å². The van der Waals surface area contributed by atoms with Crippen LogP contribution >= 0.6 is 0 Å². The maximum absolute atomic E-state index is 11.8. The van der Waals surface area contributed by atoms with Crippen molar-refractivity contribution in [3.63, 3.8) is 0 Å². The van der Waals surface area contributed by atoms with E-state index in [9.17, 15) is 17.8 Å². The molecule has 0 aliphatic carbocycles. The summed E-state index contributed by atoms with van der Waals surface area (Å²) < 4.78 is 31.7. The Balaban J connectivity index is 0.00000784. The van der Waals surface area contributed by atoms with Gasteiger partial charge in [0, 0.05) is 20.0 Å². The molecule has 0 aliphatic rings. The van der Waals surface area contributed by atoms with Gasteiger partial charge in [-0.25, -0.2) is 8.42 Å². The summed E-state index contributed by atoms with van der Waals surface area (Å²) in [5.41, 5.74) is 1.43. The van der Waals surface area contributed by atoms with E-state index in [-0.39, 0.29) is 42.0 Å². The Morgan fingerprint density at radius 1 is 0.862 bits per heavy atom. The van der Waals surface area contributed by atoms with Gasteiger partial charge >= 0.3 is 29.6 Å². The molecule has 0 aromatic heterocycles. The Hall–Kier alpha value is -0.400. The molecule has 160 valence electrons. The van der Waals surface area contributed by atoms with Crippen molar-refractivity contribution in [1.29, 1.82) is 0 Å². The molecule has 0 aliphatic heterocycles. The molecule has 1 amide bonds. The van der Waals surface area contributed by atoms with E-state index in [1.807, 2.05) is 0 Å². The zero-order chi connectivity index (χ0) is 20.7. The van der Waals surface area contributed by atoms with E-state index in [1.165, 1.54) is 61.8 Å². The molecule has 0 saturated heterocycles. The number of amides is 1. The first-order valence-electron chi connectivity index (χ1n) is 10.6. The molecule has 5 nitrogen and oxygen atoms in total. The Morgan fingerprint density at radius 2 is 1.34 bits per heavy atom. The van der Waals surface area contributed by atoms with Crippen molar-refractivity contribution in [3.05, 3.63) is 35.9 Å². The number of unbranched alkanes of at least 4 members (excludes halogenated alkanes) is 9. The standard InChI is InChI=1S/C22H37NO4S.Na/c1-23(19-20-28(25,26)27)22(24)18-14-9-7-5-3-2-4-6-8-11-15-21-16-12-10-13-17-21;/h10,12-13,16-17H,2-9,11,14-15,18-20H2,1H3,(H,25,26,27);/q;+1/p-1. The van der Waals surface area contributed by atoms with Crippen LogP contribution in [0.5, 0.6) is 0 Å². The molecule has 0 N–H and O–H groups in total. The number of hydrogen-bond acceptors (Lipinski definition) is 4. The van der Waals surface area contributed by atoms with Gasteiger partial charge in [-0.3, -0.25) is 4.79 Å². The zero-order valence-electron chi connectivity index (χ0n) is 18.3. The van der Waals surface area contributed by atoms with Gasteiger partial charge in [0.15, 0.2) is 0 Å². The van der Waals surface area contributed by atoms with E-state index in [0.29, 0.717) is 6.42 Å². The van der Waals surface area contributed by atoms with Gasteiger partial charge in [-0.2, -0.15) is 0 Å². The van der Waals surface area contributed by atoms with Crippen LogP contribution in [-0.4, -0.2) is 43.1 Å². The molecule has 1 aromatic carbocycles. The van der Waals surface area contributed by atoms with E-state index in [4.69, 9.17) is 0 Å². The van der Waals surface area contributed by atoms with Crippen LogP contribution in [0.4, 0.5) is 0 Å². The average Bonchev–Trinajstić information content (AvgIpc) is 2.67. The van der Waals surface area contributed by atoms with E-state index < -0.39 is 15.9 Å². The molecule has 0 spiro atoms. The fraction of sp³-hybridized carbons (Fsp3) is 0.682. The molecule has 0 saturated carbocycles. The summed E-state index contributed by atoms with van der Waals surface area (Å²) in [4.78, 5) is 13.2. The number of aryl methyl sites for hydroxylation is 1. The number of benzene rings is 1. The van der Waals surface area contributed by atoms with E-state index in [2.05, 4.69) is 30.3 Å². The molecule has 1 rings (SSSR count). The van der Waals surface area contributed by atoms with Crippen molar-refractivity contribution in [2.45, 2.75) is 77.0 Å². The molecule has 0 atom stereocenters. The molecule has 0 heterocycles. The van der Waals surface area contributed by atoms with Crippen molar-refractivity contribution in [2.75, 3.05) is 19.3 Å². The average molecular weight is 434 g/mol. The third-order valence-electron chi connectivity index (χ3n) is 5.05. The Morgan fingerprint density at radius 3 is 1.86 bits per heavy atom. The van der Waals surface area contributed by atoms with Crippen LogP contribution in [-0.2, 0) is 21.3 Å². The molecular formula is C22H36NNaO4S. The van der Waals surface area contributed by atoms with Gasteiger partial charge in [-0.05, 0) is 24.8 Å². The van der Waals surface area contributed by atoms with Crippen LogP contribution in [0.2, 0.25) is 0 Å². The first-order chi connectivity index (χ1) is 13.4. The maximum atomic E-state index is 11.8. The number of hydrogen-bond donors (Lipinski definition) is 0. The number of rotatable bonds is 16. The Bertz CT molecular complexity index is 637. The molecular weight excluding hydrogens is 397 g/mol. The third-order valence-corrected chi connectivity index (χ3v) is 5.73. The second kappa shape index (κ2) is 17.3. The summed E-state index contributed by atoms with van der Waals surface area (Å²) >= 11 is 0. The Labute approximate surface area is 199 Å². The first kappa shape index (κ1) is 28.6. The van der Waals surface area contributed by atoms with Crippen molar-refractivity contribution in [2.24, 2.45) is 0 Å². The SMILES string of the molecule is CN(CCS(=O)(=O)[O-])C(=O)CCCCCCCCCCCCc1ccccc1.[Na+]. The van der Waals surface area contributed by atoms with Crippen LogP contribution in [0.1, 0.15) is 76.2 Å². The largest absolute Gasteiger partial charge is 1.00 e. The third kappa shape index (κ3) is 17.0. The minimum atomic E-state index is -4.26. The minimum Gasteiger partial charge on any atom is -0.748 e. The zero-order valence-corrected chi connectivity index (χ0v) is 21.1. The van der Waals surface area contributed by atoms with Crippen LogP contribution in [0.15, 0.2) is 30.3 Å². The van der Waals surface area contributed by atoms with Gasteiger partial charge in [0.25, 0.3) is 0 Å². The van der Waals surface area contributed by atoms with Crippen molar-refractivity contribution in [1.82, 2.24) is 4.90 Å². The fourth-order valence-electron chi connectivity index (χ4n) is 3.23. The Kier molecular flexibility index (Phi) is 17.1. The summed E-state index contributed by atoms with van der Waals surface area (Å²) in [7, 11) is -2.71. The van der Waals surface area contributed by atoms with Crippen molar-refractivity contribution in [3.8, 4) is 0 Å². The van der Waals surface area contributed by atoms with Gasteiger partial charge in [-0.15, -0.1) is 0 Å². The molecule has 0 radical (unpaired) electrons. The molecule has 0 unspecified atom stereocenters. The molecule has 0 fully saturated rings. The van der Waals surface area contributed by atoms with E-state index >= 15 is 0 Å². The topological polar surface area (TPSA) is 77.5 Å². The normalized spacial score (nSPS) is 11.1. The molecule has 7 heteroatoms. The predicted octanol–water partition coefficient (Wildman–Crippen LogP) is 1.53. The maximum Gasteiger partial charge on any atom is 1.00 e. The monoisotopic (exact) mass is 433 g/mol. The first-order valence-corrected chi connectivity index (χ1v) is 12.2.